The Hall–Kier alpha value is -1.33. The highest BCUT2D eigenvalue weighted by Crippen LogP contribution is 2.37. The monoisotopic (exact) mass is 329 g/mol. The minimum absolute atomic E-state index is 0.0387. The van der Waals surface area contributed by atoms with Crippen molar-refractivity contribution < 1.29 is 19.0 Å². The van der Waals surface area contributed by atoms with Crippen molar-refractivity contribution in [1.82, 2.24) is 5.32 Å². The maximum atomic E-state index is 13.0. The molecule has 0 heterocycles. The number of aliphatic hydroxyl groups excluding tert-OH is 1. The lowest BCUT2D eigenvalue weighted by molar-refractivity contribution is -0.128. The van der Waals surface area contributed by atoms with E-state index in [-0.39, 0.29) is 34.7 Å². The first-order valence-corrected chi connectivity index (χ1v) is 7.76. The summed E-state index contributed by atoms with van der Waals surface area (Å²) >= 11 is 5.89. The molecule has 0 spiro atoms. The van der Waals surface area contributed by atoms with Crippen LogP contribution >= 0.6 is 11.6 Å². The quantitative estimate of drug-likeness (QED) is 0.873. The molecule has 1 aliphatic carbocycles. The Bertz CT molecular complexity index is 554. The molecule has 1 aromatic carbocycles. The van der Waals surface area contributed by atoms with Crippen molar-refractivity contribution in [2.24, 2.45) is 5.41 Å². The zero-order valence-electron chi connectivity index (χ0n) is 12.7. The van der Waals surface area contributed by atoms with Crippen molar-refractivity contribution in [2.75, 3.05) is 6.61 Å². The fourth-order valence-electron chi connectivity index (χ4n) is 2.77. The van der Waals surface area contributed by atoms with Crippen LogP contribution in [0.2, 0.25) is 5.02 Å². The highest BCUT2D eigenvalue weighted by Gasteiger charge is 2.39. The third-order valence-electron chi connectivity index (χ3n) is 4.33. The number of nitrogens with one attached hydrogen (secondary N) is 1. The molecule has 0 radical (unpaired) electrons. The summed E-state index contributed by atoms with van der Waals surface area (Å²) in [4.78, 5) is 12.3. The van der Waals surface area contributed by atoms with Gasteiger partial charge in [-0.1, -0.05) is 24.9 Å². The first kappa shape index (κ1) is 17.0. The van der Waals surface area contributed by atoms with Gasteiger partial charge >= 0.3 is 0 Å². The highest BCUT2D eigenvalue weighted by molar-refractivity contribution is 6.32. The topological polar surface area (TPSA) is 58.6 Å². The van der Waals surface area contributed by atoms with Crippen LogP contribution in [0.3, 0.4) is 0 Å². The predicted octanol–water partition coefficient (Wildman–Crippen LogP) is 2.91. The summed E-state index contributed by atoms with van der Waals surface area (Å²) in [5, 5.41) is 12.6. The van der Waals surface area contributed by atoms with Gasteiger partial charge in [0.2, 0.25) is 0 Å². The molecule has 2 rings (SSSR count). The molecule has 0 aliphatic heterocycles. The first-order valence-electron chi connectivity index (χ1n) is 7.38. The number of hydrogen-bond donors (Lipinski definition) is 2. The molecule has 3 unspecified atom stereocenters. The average molecular weight is 330 g/mol. The molecule has 1 amide bonds. The second-order valence-electron chi connectivity index (χ2n) is 6.10. The Kier molecular flexibility index (Phi) is 5.29. The summed E-state index contributed by atoms with van der Waals surface area (Å²) in [5.74, 6) is -0.465. The molecule has 0 saturated heterocycles. The van der Waals surface area contributed by atoms with Gasteiger partial charge < -0.3 is 15.2 Å². The van der Waals surface area contributed by atoms with Crippen molar-refractivity contribution in [1.29, 1.82) is 0 Å². The summed E-state index contributed by atoms with van der Waals surface area (Å²) in [6.45, 7) is 3.62. The molecule has 0 bridgehead atoms. The molecule has 0 aromatic heterocycles. The van der Waals surface area contributed by atoms with Gasteiger partial charge in [-0.25, -0.2) is 4.39 Å². The fraction of sp³-hybridized carbons (Fsp3) is 0.562. The standard InChI is InChI=1S/C16H21ClFNO3/c1-10(22-13-6-5-11(18)8-12(13)17)15(21)19-14-4-3-7-16(14,2)9-20/h5-6,8,10,14,20H,3-4,7,9H2,1-2H3,(H,19,21). The maximum Gasteiger partial charge on any atom is 0.261 e. The second kappa shape index (κ2) is 6.84. The van der Waals surface area contributed by atoms with Gasteiger partial charge in [-0.15, -0.1) is 0 Å². The summed E-state index contributed by atoms with van der Waals surface area (Å²) in [6.07, 6.45) is 1.94. The van der Waals surface area contributed by atoms with Crippen molar-refractivity contribution in [3.8, 4) is 5.75 Å². The van der Waals surface area contributed by atoms with Crippen LogP contribution in [0.15, 0.2) is 18.2 Å². The van der Waals surface area contributed by atoms with E-state index in [1.807, 2.05) is 6.92 Å². The van der Waals surface area contributed by atoms with Gasteiger partial charge in [-0.05, 0) is 38.0 Å². The number of halogens is 2. The molecule has 1 aromatic rings. The molecule has 6 heteroatoms. The normalized spacial score (nSPS) is 25.8. The van der Waals surface area contributed by atoms with Gasteiger partial charge in [-0.2, -0.15) is 0 Å². The smallest absolute Gasteiger partial charge is 0.261 e. The number of rotatable bonds is 5. The first-order chi connectivity index (χ1) is 10.4. The molecule has 122 valence electrons. The molecule has 1 fully saturated rings. The van der Waals surface area contributed by atoms with Crippen LogP contribution in [-0.4, -0.2) is 29.8 Å². The summed E-state index contributed by atoms with van der Waals surface area (Å²) in [5.41, 5.74) is -0.289. The number of amides is 1. The van der Waals surface area contributed by atoms with Crippen LogP contribution in [0, 0.1) is 11.2 Å². The minimum atomic E-state index is -0.758. The van der Waals surface area contributed by atoms with Crippen LogP contribution in [0.25, 0.3) is 0 Å². The van der Waals surface area contributed by atoms with Crippen LogP contribution in [0.4, 0.5) is 4.39 Å². The molecule has 1 saturated carbocycles. The van der Waals surface area contributed by atoms with E-state index in [0.29, 0.717) is 0 Å². The summed E-state index contributed by atoms with van der Waals surface area (Å²) in [7, 11) is 0. The number of ether oxygens (including phenoxy) is 1. The Morgan fingerprint density at radius 2 is 2.36 bits per heavy atom. The zero-order valence-corrected chi connectivity index (χ0v) is 13.5. The van der Waals surface area contributed by atoms with Crippen molar-refractivity contribution in [3.05, 3.63) is 29.0 Å². The third-order valence-corrected chi connectivity index (χ3v) is 4.62. The highest BCUT2D eigenvalue weighted by atomic mass is 35.5. The molecule has 2 N–H and O–H groups in total. The van der Waals surface area contributed by atoms with Gasteiger partial charge in [0.15, 0.2) is 6.10 Å². The van der Waals surface area contributed by atoms with Gasteiger partial charge in [-0.3, -0.25) is 4.79 Å². The average Bonchev–Trinajstić information content (AvgIpc) is 2.83. The predicted molar refractivity (Wildman–Crippen MR) is 82.5 cm³/mol. The lowest BCUT2D eigenvalue weighted by Gasteiger charge is -2.31. The third kappa shape index (κ3) is 3.70. The Morgan fingerprint density at radius 1 is 1.64 bits per heavy atom. The number of benzene rings is 1. The molecular formula is C16H21ClFNO3. The van der Waals surface area contributed by atoms with E-state index < -0.39 is 11.9 Å². The van der Waals surface area contributed by atoms with Crippen molar-refractivity contribution in [3.63, 3.8) is 0 Å². The number of aliphatic hydroxyl groups is 1. The summed E-state index contributed by atoms with van der Waals surface area (Å²) in [6, 6.07) is 3.70. The van der Waals surface area contributed by atoms with Crippen molar-refractivity contribution in [2.45, 2.75) is 45.3 Å². The lowest BCUT2D eigenvalue weighted by Crippen LogP contribution is -2.48. The van der Waals surface area contributed by atoms with Crippen LogP contribution in [0.1, 0.15) is 33.1 Å². The van der Waals surface area contributed by atoms with Crippen LogP contribution in [-0.2, 0) is 4.79 Å². The van der Waals surface area contributed by atoms with E-state index in [4.69, 9.17) is 16.3 Å². The van der Waals surface area contributed by atoms with E-state index >= 15 is 0 Å². The van der Waals surface area contributed by atoms with Crippen LogP contribution < -0.4 is 10.1 Å². The largest absolute Gasteiger partial charge is 0.479 e. The second-order valence-corrected chi connectivity index (χ2v) is 6.51. The van der Waals surface area contributed by atoms with Crippen molar-refractivity contribution >= 4 is 17.5 Å². The van der Waals surface area contributed by atoms with Gasteiger partial charge in [0.25, 0.3) is 5.91 Å². The van der Waals surface area contributed by atoms with Gasteiger partial charge in [0.05, 0.1) is 11.6 Å². The van der Waals surface area contributed by atoms with E-state index in [2.05, 4.69) is 5.32 Å². The minimum Gasteiger partial charge on any atom is -0.479 e. The molecule has 4 nitrogen and oxygen atoms in total. The molecule has 22 heavy (non-hydrogen) atoms. The molecular weight excluding hydrogens is 309 g/mol. The molecule has 3 atom stereocenters. The van der Waals surface area contributed by atoms with E-state index in [1.165, 1.54) is 12.1 Å². The van der Waals surface area contributed by atoms with Crippen LogP contribution in [0.5, 0.6) is 5.75 Å². The fourth-order valence-corrected chi connectivity index (χ4v) is 2.98. The van der Waals surface area contributed by atoms with E-state index in [9.17, 15) is 14.3 Å². The van der Waals surface area contributed by atoms with E-state index in [0.717, 1.165) is 25.3 Å². The molecule has 1 aliphatic rings. The Morgan fingerprint density at radius 3 is 3.00 bits per heavy atom. The number of hydrogen-bond acceptors (Lipinski definition) is 3. The van der Waals surface area contributed by atoms with Gasteiger partial charge in [0, 0.05) is 11.5 Å². The lowest BCUT2D eigenvalue weighted by atomic mass is 9.85. The van der Waals surface area contributed by atoms with Gasteiger partial charge in [0.1, 0.15) is 11.6 Å². The maximum absolute atomic E-state index is 13.0. The Labute approximate surface area is 134 Å². The summed E-state index contributed by atoms with van der Waals surface area (Å²) < 4.78 is 18.5. The number of carbonyl (C=O) groups excluding carboxylic acids is 1. The number of carbonyl (C=O) groups is 1. The van der Waals surface area contributed by atoms with E-state index in [1.54, 1.807) is 6.92 Å². The Balaban J connectivity index is 1.97. The SMILES string of the molecule is CC(Oc1ccc(F)cc1Cl)C(=O)NC1CCCC1(C)CO. The zero-order chi connectivity index (χ0) is 16.3.